The van der Waals surface area contributed by atoms with Crippen LogP contribution in [0.2, 0.25) is 0 Å². The molecule has 2 N–H and O–H groups in total. The third-order valence-electron chi connectivity index (χ3n) is 3.57. The van der Waals surface area contributed by atoms with E-state index >= 15 is 0 Å². The van der Waals surface area contributed by atoms with Gasteiger partial charge in [0.2, 0.25) is 11.8 Å². The minimum atomic E-state index is -0.910. The number of carbonyl (C=O) groups is 3. The van der Waals surface area contributed by atoms with Crippen LogP contribution in [0.5, 0.6) is 0 Å². The maximum atomic E-state index is 12.4. The average Bonchev–Trinajstić information content (AvgIpc) is 2.86. The SMILES string of the molecule is CCCN(CC(=O)NC)C(=O)C1CCCC1C(=O)O. The van der Waals surface area contributed by atoms with E-state index in [9.17, 15) is 14.4 Å². The highest BCUT2D eigenvalue weighted by atomic mass is 16.4. The number of nitrogens with one attached hydrogen (secondary N) is 1. The van der Waals surface area contributed by atoms with Crippen molar-refractivity contribution in [1.29, 1.82) is 0 Å². The van der Waals surface area contributed by atoms with E-state index < -0.39 is 17.8 Å². The summed E-state index contributed by atoms with van der Waals surface area (Å²) in [6.45, 7) is 2.41. The van der Waals surface area contributed by atoms with E-state index in [1.807, 2.05) is 6.92 Å². The summed E-state index contributed by atoms with van der Waals surface area (Å²) in [5.74, 6) is -2.42. The summed E-state index contributed by atoms with van der Waals surface area (Å²) < 4.78 is 0. The number of likely N-dealkylation sites (N-methyl/N-ethyl adjacent to an activating group) is 1. The molecule has 108 valence electrons. The lowest BCUT2D eigenvalue weighted by Crippen LogP contribution is -2.44. The number of carboxylic acids is 1. The molecule has 1 saturated carbocycles. The van der Waals surface area contributed by atoms with E-state index in [2.05, 4.69) is 5.32 Å². The second-order valence-corrected chi connectivity index (χ2v) is 4.92. The van der Waals surface area contributed by atoms with Gasteiger partial charge in [-0.15, -0.1) is 0 Å². The second-order valence-electron chi connectivity index (χ2n) is 4.92. The van der Waals surface area contributed by atoms with Gasteiger partial charge in [0.25, 0.3) is 0 Å². The topological polar surface area (TPSA) is 86.7 Å². The molecule has 6 nitrogen and oxygen atoms in total. The van der Waals surface area contributed by atoms with Crippen molar-refractivity contribution in [2.75, 3.05) is 20.1 Å². The summed E-state index contributed by atoms with van der Waals surface area (Å²) in [4.78, 5) is 36.4. The van der Waals surface area contributed by atoms with Crippen LogP contribution in [0.4, 0.5) is 0 Å². The van der Waals surface area contributed by atoms with Crippen molar-refractivity contribution in [3.05, 3.63) is 0 Å². The number of hydrogen-bond donors (Lipinski definition) is 2. The number of rotatable bonds is 6. The Balaban J connectivity index is 2.75. The third-order valence-corrected chi connectivity index (χ3v) is 3.57. The van der Waals surface area contributed by atoms with Crippen LogP contribution >= 0.6 is 0 Å². The van der Waals surface area contributed by atoms with Crippen LogP contribution in [-0.2, 0) is 14.4 Å². The zero-order chi connectivity index (χ0) is 14.4. The summed E-state index contributed by atoms with van der Waals surface area (Å²) in [7, 11) is 1.52. The Labute approximate surface area is 113 Å². The molecule has 1 fully saturated rings. The minimum absolute atomic E-state index is 0.00596. The third kappa shape index (κ3) is 3.94. The number of aliphatic carboxylic acids is 1. The number of carbonyl (C=O) groups excluding carboxylic acids is 2. The molecule has 0 aromatic heterocycles. The fraction of sp³-hybridized carbons (Fsp3) is 0.769. The number of carboxylic acid groups (broad SMARTS) is 1. The van der Waals surface area contributed by atoms with Crippen molar-refractivity contribution < 1.29 is 19.5 Å². The van der Waals surface area contributed by atoms with E-state index in [1.54, 1.807) is 0 Å². The summed E-state index contributed by atoms with van der Waals surface area (Å²) in [5, 5.41) is 11.6. The van der Waals surface area contributed by atoms with Gasteiger partial charge in [-0.2, -0.15) is 0 Å². The zero-order valence-corrected chi connectivity index (χ0v) is 11.5. The first-order chi connectivity index (χ1) is 9.01. The Morgan fingerprint density at radius 1 is 1.26 bits per heavy atom. The molecule has 2 unspecified atom stereocenters. The molecular weight excluding hydrogens is 248 g/mol. The standard InChI is InChI=1S/C13H22N2O4/c1-3-7-15(8-11(16)14-2)12(17)9-5-4-6-10(9)13(18)19/h9-10H,3-8H2,1-2H3,(H,14,16)(H,18,19). The van der Waals surface area contributed by atoms with Crippen LogP contribution in [0.1, 0.15) is 32.6 Å². The monoisotopic (exact) mass is 270 g/mol. The van der Waals surface area contributed by atoms with Gasteiger partial charge in [0, 0.05) is 13.6 Å². The molecule has 0 spiro atoms. The maximum absolute atomic E-state index is 12.4. The van der Waals surface area contributed by atoms with Crippen LogP contribution in [-0.4, -0.2) is 47.9 Å². The molecule has 2 atom stereocenters. The maximum Gasteiger partial charge on any atom is 0.307 e. The molecule has 2 amide bonds. The van der Waals surface area contributed by atoms with Gasteiger partial charge in [-0.25, -0.2) is 0 Å². The molecular formula is C13H22N2O4. The highest BCUT2D eigenvalue weighted by Crippen LogP contribution is 2.33. The Kier molecular flexibility index (Phi) is 5.79. The Bertz CT molecular complexity index is 357. The van der Waals surface area contributed by atoms with E-state index in [-0.39, 0.29) is 18.4 Å². The van der Waals surface area contributed by atoms with E-state index in [0.717, 1.165) is 12.8 Å². The smallest absolute Gasteiger partial charge is 0.307 e. The molecule has 0 aromatic rings. The van der Waals surface area contributed by atoms with Crippen LogP contribution in [0.15, 0.2) is 0 Å². The largest absolute Gasteiger partial charge is 0.481 e. The summed E-state index contributed by atoms with van der Waals surface area (Å²) in [6, 6.07) is 0. The molecule has 0 saturated heterocycles. The zero-order valence-electron chi connectivity index (χ0n) is 11.5. The molecule has 1 aliphatic rings. The number of amides is 2. The quantitative estimate of drug-likeness (QED) is 0.734. The molecule has 0 aromatic carbocycles. The summed E-state index contributed by atoms with van der Waals surface area (Å²) >= 11 is 0. The van der Waals surface area contributed by atoms with Crippen molar-refractivity contribution in [2.24, 2.45) is 11.8 Å². The van der Waals surface area contributed by atoms with Gasteiger partial charge in [-0.3, -0.25) is 14.4 Å². The normalized spacial score (nSPS) is 22.0. The molecule has 0 heterocycles. The first-order valence-electron chi connectivity index (χ1n) is 6.73. The van der Waals surface area contributed by atoms with Crippen LogP contribution in [0.25, 0.3) is 0 Å². The van der Waals surface area contributed by atoms with Gasteiger partial charge >= 0.3 is 5.97 Å². The summed E-state index contributed by atoms with van der Waals surface area (Å²) in [5.41, 5.74) is 0. The highest BCUT2D eigenvalue weighted by molar-refractivity contribution is 5.88. The second kappa shape index (κ2) is 7.11. The molecule has 1 rings (SSSR count). The molecule has 0 bridgehead atoms. The Hall–Kier alpha value is -1.59. The van der Waals surface area contributed by atoms with Crippen molar-refractivity contribution >= 4 is 17.8 Å². The Morgan fingerprint density at radius 3 is 2.42 bits per heavy atom. The van der Waals surface area contributed by atoms with E-state index in [1.165, 1.54) is 11.9 Å². The van der Waals surface area contributed by atoms with Gasteiger partial charge < -0.3 is 15.3 Å². The van der Waals surface area contributed by atoms with Gasteiger partial charge in [0.1, 0.15) is 0 Å². The van der Waals surface area contributed by atoms with Crippen molar-refractivity contribution in [3.8, 4) is 0 Å². The lowest BCUT2D eigenvalue weighted by molar-refractivity contribution is -0.149. The van der Waals surface area contributed by atoms with Gasteiger partial charge in [0.05, 0.1) is 18.4 Å². The summed E-state index contributed by atoms with van der Waals surface area (Å²) in [6.07, 6.45) is 2.65. The fourth-order valence-corrected chi connectivity index (χ4v) is 2.58. The lowest BCUT2D eigenvalue weighted by atomic mass is 9.94. The first kappa shape index (κ1) is 15.5. The first-order valence-corrected chi connectivity index (χ1v) is 6.73. The highest BCUT2D eigenvalue weighted by Gasteiger charge is 2.39. The van der Waals surface area contributed by atoms with Gasteiger partial charge in [-0.05, 0) is 19.3 Å². The minimum Gasteiger partial charge on any atom is -0.481 e. The average molecular weight is 270 g/mol. The molecule has 0 aliphatic heterocycles. The predicted molar refractivity (Wildman–Crippen MR) is 69.4 cm³/mol. The van der Waals surface area contributed by atoms with Crippen LogP contribution in [0, 0.1) is 11.8 Å². The molecule has 1 aliphatic carbocycles. The lowest BCUT2D eigenvalue weighted by Gasteiger charge is -2.26. The van der Waals surface area contributed by atoms with Gasteiger partial charge in [-0.1, -0.05) is 13.3 Å². The van der Waals surface area contributed by atoms with Crippen molar-refractivity contribution in [2.45, 2.75) is 32.6 Å². The van der Waals surface area contributed by atoms with E-state index in [4.69, 9.17) is 5.11 Å². The predicted octanol–water partition coefficient (Wildman–Crippen LogP) is 0.472. The Morgan fingerprint density at radius 2 is 1.89 bits per heavy atom. The van der Waals surface area contributed by atoms with Crippen molar-refractivity contribution in [1.82, 2.24) is 10.2 Å². The molecule has 0 radical (unpaired) electrons. The number of hydrogen-bond acceptors (Lipinski definition) is 3. The van der Waals surface area contributed by atoms with Crippen molar-refractivity contribution in [3.63, 3.8) is 0 Å². The fourth-order valence-electron chi connectivity index (χ4n) is 2.58. The van der Waals surface area contributed by atoms with Crippen LogP contribution in [0.3, 0.4) is 0 Å². The van der Waals surface area contributed by atoms with Crippen LogP contribution < -0.4 is 5.32 Å². The molecule has 19 heavy (non-hydrogen) atoms. The van der Waals surface area contributed by atoms with Gasteiger partial charge in [0.15, 0.2) is 0 Å². The molecule has 6 heteroatoms. The number of nitrogens with zero attached hydrogens (tertiary/aromatic N) is 1. The van der Waals surface area contributed by atoms with E-state index in [0.29, 0.717) is 19.4 Å².